The second-order valence-corrected chi connectivity index (χ2v) is 9.40. The van der Waals surface area contributed by atoms with Gasteiger partial charge in [0, 0.05) is 4.47 Å². The monoisotopic (exact) mass is 514 g/mol. The number of aliphatic imine (C=N–C) groups is 1. The van der Waals surface area contributed by atoms with Crippen molar-refractivity contribution in [3.05, 3.63) is 112 Å². The first-order chi connectivity index (χ1) is 16.1. The fraction of sp³-hybridized carbons (Fsp3) is 0.0370. The average molecular weight is 515 g/mol. The van der Waals surface area contributed by atoms with E-state index in [2.05, 4.69) is 50.5 Å². The number of halogens is 1. The first kappa shape index (κ1) is 21.5. The number of ether oxygens (including phenoxy) is 1. The van der Waals surface area contributed by atoms with Crippen molar-refractivity contribution in [2.45, 2.75) is 6.61 Å². The zero-order valence-electron chi connectivity index (χ0n) is 17.5. The first-order valence-electron chi connectivity index (χ1n) is 10.4. The van der Waals surface area contributed by atoms with Crippen molar-refractivity contribution in [1.82, 2.24) is 5.32 Å². The number of fused-ring (bicyclic) bond motifs is 1. The molecule has 0 atom stereocenters. The molecule has 1 aliphatic heterocycles. The van der Waals surface area contributed by atoms with Crippen molar-refractivity contribution in [3.8, 4) is 5.75 Å². The molecule has 33 heavy (non-hydrogen) atoms. The number of hydrogen-bond acceptors (Lipinski definition) is 4. The van der Waals surface area contributed by atoms with Crippen LogP contribution in [-0.4, -0.2) is 11.1 Å². The fourth-order valence-electron chi connectivity index (χ4n) is 3.54. The third-order valence-electron chi connectivity index (χ3n) is 5.14. The number of nitrogens with zero attached hydrogens (tertiary/aromatic N) is 1. The summed E-state index contributed by atoms with van der Waals surface area (Å²) in [6.07, 6.45) is 1.86. The number of amides is 1. The van der Waals surface area contributed by atoms with Gasteiger partial charge in [0.15, 0.2) is 5.17 Å². The second kappa shape index (κ2) is 9.65. The predicted molar refractivity (Wildman–Crippen MR) is 140 cm³/mol. The van der Waals surface area contributed by atoms with Crippen molar-refractivity contribution < 1.29 is 9.53 Å². The Morgan fingerprint density at radius 1 is 0.939 bits per heavy atom. The van der Waals surface area contributed by atoms with Gasteiger partial charge in [0.1, 0.15) is 12.4 Å². The number of thioether (sulfide) groups is 1. The lowest BCUT2D eigenvalue weighted by molar-refractivity contribution is -0.115. The van der Waals surface area contributed by atoms with Gasteiger partial charge < -0.3 is 10.1 Å². The molecule has 0 unspecified atom stereocenters. The van der Waals surface area contributed by atoms with Crippen LogP contribution in [0.1, 0.15) is 11.1 Å². The Kier molecular flexibility index (Phi) is 6.28. The highest BCUT2D eigenvalue weighted by Crippen LogP contribution is 2.29. The molecule has 1 amide bonds. The number of rotatable bonds is 5. The molecule has 4 aromatic carbocycles. The van der Waals surface area contributed by atoms with Crippen LogP contribution < -0.4 is 10.1 Å². The third-order valence-corrected chi connectivity index (χ3v) is 6.58. The van der Waals surface area contributed by atoms with Gasteiger partial charge in [0.2, 0.25) is 0 Å². The van der Waals surface area contributed by atoms with E-state index in [-0.39, 0.29) is 5.91 Å². The Balaban J connectivity index is 1.30. The molecule has 6 heteroatoms. The van der Waals surface area contributed by atoms with Crippen LogP contribution in [0.15, 0.2) is 105 Å². The normalized spacial score (nSPS) is 15.8. The summed E-state index contributed by atoms with van der Waals surface area (Å²) in [6, 6.07) is 29.9. The molecule has 1 saturated heterocycles. The van der Waals surface area contributed by atoms with E-state index >= 15 is 0 Å². The van der Waals surface area contributed by atoms with Gasteiger partial charge in [-0.25, -0.2) is 4.99 Å². The zero-order chi connectivity index (χ0) is 22.6. The smallest absolute Gasteiger partial charge is 0.264 e. The zero-order valence-corrected chi connectivity index (χ0v) is 19.9. The van der Waals surface area contributed by atoms with Gasteiger partial charge in [0.05, 0.1) is 10.6 Å². The maximum Gasteiger partial charge on any atom is 0.264 e. The summed E-state index contributed by atoms with van der Waals surface area (Å²) in [4.78, 5) is 17.5. The lowest BCUT2D eigenvalue weighted by Gasteiger charge is -2.09. The van der Waals surface area contributed by atoms with Crippen LogP contribution in [0.4, 0.5) is 5.69 Å². The van der Waals surface area contributed by atoms with Crippen LogP contribution in [-0.2, 0) is 11.4 Å². The summed E-state index contributed by atoms with van der Waals surface area (Å²) < 4.78 is 7.06. The van der Waals surface area contributed by atoms with Crippen molar-refractivity contribution in [1.29, 1.82) is 0 Å². The van der Waals surface area contributed by atoms with Crippen molar-refractivity contribution in [2.75, 3.05) is 0 Å². The van der Waals surface area contributed by atoms with E-state index in [0.717, 1.165) is 27.0 Å². The van der Waals surface area contributed by atoms with Crippen LogP contribution in [0.2, 0.25) is 0 Å². The predicted octanol–water partition coefficient (Wildman–Crippen LogP) is 7.07. The van der Waals surface area contributed by atoms with Gasteiger partial charge in [-0.3, -0.25) is 4.79 Å². The highest BCUT2D eigenvalue weighted by atomic mass is 79.9. The summed E-state index contributed by atoms with van der Waals surface area (Å²) in [6.45, 7) is 0.473. The van der Waals surface area contributed by atoms with Crippen molar-refractivity contribution in [2.24, 2.45) is 4.99 Å². The van der Waals surface area contributed by atoms with E-state index in [1.807, 2.05) is 72.8 Å². The number of nitrogens with one attached hydrogen (secondary N) is 1. The molecule has 0 spiro atoms. The molecule has 4 aromatic rings. The number of amidine groups is 1. The molecule has 4 nitrogen and oxygen atoms in total. The molecule has 1 N–H and O–H groups in total. The number of hydrogen-bond donors (Lipinski definition) is 1. The van der Waals surface area contributed by atoms with Crippen molar-refractivity contribution >= 4 is 61.3 Å². The molecule has 0 aliphatic carbocycles. The Morgan fingerprint density at radius 2 is 1.73 bits per heavy atom. The van der Waals surface area contributed by atoms with Gasteiger partial charge in [-0.2, -0.15) is 0 Å². The largest absolute Gasteiger partial charge is 0.489 e. The summed E-state index contributed by atoms with van der Waals surface area (Å²) in [5.74, 6) is 0.599. The van der Waals surface area contributed by atoms with Gasteiger partial charge >= 0.3 is 0 Å². The number of benzene rings is 4. The number of carbonyl (C=O) groups excluding carboxylic acids is 1. The molecule has 0 saturated carbocycles. The molecule has 162 valence electrons. The fourth-order valence-corrected chi connectivity index (χ4v) is 4.64. The van der Waals surface area contributed by atoms with Crippen LogP contribution in [0.25, 0.3) is 16.8 Å². The van der Waals surface area contributed by atoms with E-state index in [0.29, 0.717) is 16.7 Å². The van der Waals surface area contributed by atoms with Gasteiger partial charge in [0.25, 0.3) is 5.91 Å². The van der Waals surface area contributed by atoms with Crippen LogP contribution in [0.3, 0.4) is 0 Å². The Morgan fingerprint density at radius 3 is 2.61 bits per heavy atom. The molecule has 0 bridgehead atoms. The van der Waals surface area contributed by atoms with E-state index in [9.17, 15) is 4.79 Å². The standard InChI is InChI=1S/C27H19BrN2O2S/c28-21-11-13-22(14-12-21)29-27-30-26(31)25(33-27)16-18-5-3-9-23(15-18)32-17-20-8-4-7-19-6-1-2-10-24(19)20/h1-16H,17H2,(H,29,30,31)/b25-16+. The van der Waals surface area contributed by atoms with Crippen LogP contribution >= 0.6 is 27.7 Å². The van der Waals surface area contributed by atoms with E-state index in [1.165, 1.54) is 22.5 Å². The minimum Gasteiger partial charge on any atom is -0.489 e. The second-order valence-electron chi connectivity index (χ2n) is 7.46. The van der Waals surface area contributed by atoms with Crippen LogP contribution in [0, 0.1) is 0 Å². The number of carbonyl (C=O) groups is 1. The Labute approximate surface area is 204 Å². The molecule has 0 aromatic heterocycles. The third kappa shape index (κ3) is 5.18. The lowest BCUT2D eigenvalue weighted by Crippen LogP contribution is -2.19. The summed E-state index contributed by atoms with van der Waals surface area (Å²) >= 11 is 4.74. The van der Waals surface area contributed by atoms with Crippen molar-refractivity contribution in [3.63, 3.8) is 0 Å². The first-order valence-corrected chi connectivity index (χ1v) is 12.0. The van der Waals surface area contributed by atoms with Gasteiger partial charge in [-0.05, 0) is 76.1 Å². The molecule has 1 fully saturated rings. The maximum atomic E-state index is 12.4. The summed E-state index contributed by atoms with van der Waals surface area (Å²) in [5, 5.41) is 5.78. The van der Waals surface area contributed by atoms with E-state index in [1.54, 1.807) is 0 Å². The molecular weight excluding hydrogens is 496 g/mol. The summed E-state index contributed by atoms with van der Waals surface area (Å²) in [7, 11) is 0. The van der Waals surface area contributed by atoms with Crippen LogP contribution in [0.5, 0.6) is 5.75 Å². The minimum atomic E-state index is -0.155. The SMILES string of the molecule is O=C1NC(=Nc2ccc(Br)cc2)S/C1=C/c1cccc(OCc2cccc3ccccc23)c1. The Bertz CT molecular complexity index is 1390. The molecule has 0 radical (unpaired) electrons. The molecular formula is C27H19BrN2O2S. The van der Waals surface area contributed by atoms with E-state index in [4.69, 9.17) is 4.74 Å². The van der Waals surface area contributed by atoms with Gasteiger partial charge in [-0.15, -0.1) is 0 Å². The average Bonchev–Trinajstić information content (AvgIpc) is 3.17. The quantitative estimate of drug-likeness (QED) is 0.289. The summed E-state index contributed by atoms with van der Waals surface area (Å²) in [5.41, 5.74) is 2.82. The molecule has 5 rings (SSSR count). The minimum absolute atomic E-state index is 0.155. The maximum absolute atomic E-state index is 12.4. The topological polar surface area (TPSA) is 50.7 Å². The molecule has 1 aliphatic rings. The molecule has 1 heterocycles. The Hall–Kier alpha value is -3.35. The highest BCUT2D eigenvalue weighted by Gasteiger charge is 2.23. The van der Waals surface area contributed by atoms with E-state index < -0.39 is 0 Å². The lowest BCUT2D eigenvalue weighted by atomic mass is 10.1. The van der Waals surface area contributed by atoms with Gasteiger partial charge in [-0.1, -0.05) is 70.5 Å². The highest BCUT2D eigenvalue weighted by molar-refractivity contribution is 9.10.